The van der Waals surface area contributed by atoms with Crippen molar-refractivity contribution in [1.29, 1.82) is 0 Å². The van der Waals surface area contributed by atoms with Crippen LogP contribution < -0.4 is 16.1 Å². The molecule has 0 saturated carbocycles. The number of unbranched alkanes of at least 4 members (excludes halogenated alkanes) is 1. The van der Waals surface area contributed by atoms with Gasteiger partial charge < -0.3 is 9.47 Å². The Morgan fingerprint density at radius 3 is 2.45 bits per heavy atom. The normalized spacial score (nSPS) is 15.1. The number of fused-ring (bicyclic) bond motifs is 1. The molecule has 0 radical (unpaired) electrons. The van der Waals surface area contributed by atoms with Gasteiger partial charge in [-0.2, -0.15) is 4.98 Å². The van der Waals surface area contributed by atoms with E-state index in [0.717, 1.165) is 70.9 Å². The third-order valence-corrected chi connectivity index (χ3v) is 6.16. The van der Waals surface area contributed by atoms with Crippen LogP contribution >= 0.6 is 0 Å². The van der Waals surface area contributed by atoms with Gasteiger partial charge in [0, 0.05) is 39.8 Å². The highest BCUT2D eigenvalue weighted by molar-refractivity contribution is 5.74. The molecule has 1 aromatic carbocycles. The summed E-state index contributed by atoms with van der Waals surface area (Å²) in [5.74, 6) is 0.805. The second kappa shape index (κ2) is 9.51. The van der Waals surface area contributed by atoms with Crippen LogP contribution in [0.2, 0.25) is 0 Å². The fourth-order valence-electron chi connectivity index (χ4n) is 4.32. The fourth-order valence-corrected chi connectivity index (χ4v) is 4.32. The van der Waals surface area contributed by atoms with E-state index in [0.29, 0.717) is 11.2 Å². The van der Waals surface area contributed by atoms with Gasteiger partial charge in [0.05, 0.1) is 0 Å². The van der Waals surface area contributed by atoms with Crippen LogP contribution in [0.3, 0.4) is 0 Å². The average molecular weight is 425 g/mol. The zero-order chi connectivity index (χ0) is 21.8. The fraction of sp³-hybridized carbons (Fsp3) is 0.522. The van der Waals surface area contributed by atoms with E-state index in [-0.39, 0.29) is 5.56 Å². The van der Waals surface area contributed by atoms with Gasteiger partial charge in [0.25, 0.3) is 5.56 Å². The number of rotatable bonds is 8. The minimum Gasteiger partial charge on any atom is -0.340 e. The Balaban J connectivity index is 1.47. The summed E-state index contributed by atoms with van der Waals surface area (Å²) < 4.78 is 3.44. The molecule has 31 heavy (non-hydrogen) atoms. The van der Waals surface area contributed by atoms with Crippen molar-refractivity contribution in [2.24, 2.45) is 7.05 Å². The highest BCUT2D eigenvalue weighted by Crippen LogP contribution is 2.22. The van der Waals surface area contributed by atoms with Crippen molar-refractivity contribution < 1.29 is 0 Å². The predicted octanol–water partition coefficient (Wildman–Crippen LogP) is 1.98. The van der Waals surface area contributed by atoms with Crippen molar-refractivity contribution in [3.63, 3.8) is 0 Å². The van der Waals surface area contributed by atoms with Crippen molar-refractivity contribution in [1.82, 2.24) is 24.0 Å². The molecule has 0 aliphatic carbocycles. The van der Waals surface area contributed by atoms with Crippen LogP contribution in [-0.2, 0) is 20.0 Å². The lowest BCUT2D eigenvalue weighted by Gasteiger charge is -2.35. The maximum absolute atomic E-state index is 12.6. The van der Waals surface area contributed by atoms with Crippen LogP contribution in [0.15, 0.2) is 39.9 Å². The Hall–Kier alpha value is -2.87. The zero-order valence-corrected chi connectivity index (χ0v) is 18.5. The average Bonchev–Trinajstić information content (AvgIpc) is 3.17. The molecule has 0 amide bonds. The Morgan fingerprint density at radius 2 is 1.74 bits per heavy atom. The number of aryl methyl sites for hydroxylation is 3. The molecule has 0 atom stereocenters. The summed E-state index contributed by atoms with van der Waals surface area (Å²) in [5.41, 5.74) is 1.57. The number of H-pyrrole nitrogens is 1. The summed E-state index contributed by atoms with van der Waals surface area (Å²) in [4.78, 5) is 36.5. The number of benzene rings is 1. The number of nitrogens with zero attached hydrogens (tertiary/aromatic N) is 5. The maximum atomic E-state index is 12.6. The first-order chi connectivity index (χ1) is 15.1. The quantitative estimate of drug-likeness (QED) is 0.598. The highest BCUT2D eigenvalue weighted by atomic mass is 16.2. The number of imidazole rings is 1. The highest BCUT2D eigenvalue weighted by Gasteiger charge is 2.24. The summed E-state index contributed by atoms with van der Waals surface area (Å²) in [6, 6.07) is 10.6. The minimum absolute atomic E-state index is 0.354. The number of aromatic nitrogens is 4. The molecule has 0 bridgehead atoms. The molecular weight excluding hydrogens is 392 g/mol. The number of anilines is 1. The molecule has 3 heterocycles. The standard InChI is InChI=1S/C23H32N6O2/c1-3-4-13-29-19-20(26(2)23(31)25-21(19)30)24-22(29)28-16-14-27(15-17-28)12-8-11-18-9-6-5-7-10-18/h5-7,9-10H,3-4,8,11-17H2,1-2H3,(H,25,30,31). The molecule has 8 nitrogen and oxygen atoms in total. The Labute approximate surface area is 182 Å². The van der Waals surface area contributed by atoms with E-state index in [1.807, 2.05) is 4.57 Å². The van der Waals surface area contributed by atoms with Crippen molar-refractivity contribution in [3.05, 3.63) is 56.7 Å². The van der Waals surface area contributed by atoms with Crippen LogP contribution in [-0.4, -0.2) is 56.7 Å². The molecule has 166 valence electrons. The molecule has 1 aliphatic rings. The van der Waals surface area contributed by atoms with E-state index in [1.165, 1.54) is 10.1 Å². The first-order valence-electron chi connectivity index (χ1n) is 11.3. The Kier molecular flexibility index (Phi) is 6.56. The predicted molar refractivity (Wildman–Crippen MR) is 124 cm³/mol. The van der Waals surface area contributed by atoms with E-state index < -0.39 is 5.69 Å². The van der Waals surface area contributed by atoms with Gasteiger partial charge in [0.1, 0.15) is 0 Å². The molecule has 1 saturated heterocycles. The van der Waals surface area contributed by atoms with Gasteiger partial charge in [-0.1, -0.05) is 43.7 Å². The van der Waals surface area contributed by atoms with Crippen LogP contribution in [0.25, 0.3) is 11.2 Å². The van der Waals surface area contributed by atoms with Gasteiger partial charge in [-0.15, -0.1) is 0 Å². The van der Waals surface area contributed by atoms with Crippen LogP contribution in [0.1, 0.15) is 31.7 Å². The third kappa shape index (κ3) is 4.58. The molecule has 1 fully saturated rings. The van der Waals surface area contributed by atoms with E-state index in [1.54, 1.807) is 7.05 Å². The van der Waals surface area contributed by atoms with Gasteiger partial charge in [0.15, 0.2) is 11.2 Å². The number of hydrogen-bond acceptors (Lipinski definition) is 5. The molecule has 0 unspecified atom stereocenters. The van der Waals surface area contributed by atoms with E-state index >= 15 is 0 Å². The number of hydrogen-bond donors (Lipinski definition) is 1. The van der Waals surface area contributed by atoms with Crippen molar-refractivity contribution >= 4 is 17.1 Å². The molecular formula is C23H32N6O2. The molecule has 1 aliphatic heterocycles. The van der Waals surface area contributed by atoms with Gasteiger partial charge in [0.2, 0.25) is 5.95 Å². The number of aromatic amines is 1. The monoisotopic (exact) mass is 424 g/mol. The lowest BCUT2D eigenvalue weighted by Crippen LogP contribution is -2.47. The Morgan fingerprint density at radius 1 is 1.00 bits per heavy atom. The molecule has 3 aromatic rings. The van der Waals surface area contributed by atoms with Crippen LogP contribution in [0.4, 0.5) is 5.95 Å². The summed E-state index contributed by atoms with van der Waals surface area (Å²) in [5, 5.41) is 0. The van der Waals surface area contributed by atoms with Crippen molar-refractivity contribution in [3.8, 4) is 0 Å². The molecule has 2 aromatic heterocycles. The first-order valence-corrected chi connectivity index (χ1v) is 11.3. The van der Waals surface area contributed by atoms with Gasteiger partial charge in [-0.05, 0) is 31.4 Å². The molecule has 0 spiro atoms. The summed E-state index contributed by atoms with van der Waals surface area (Å²) >= 11 is 0. The largest absolute Gasteiger partial charge is 0.340 e. The summed E-state index contributed by atoms with van der Waals surface area (Å²) in [6.45, 7) is 7.62. The summed E-state index contributed by atoms with van der Waals surface area (Å²) in [7, 11) is 1.66. The maximum Gasteiger partial charge on any atom is 0.329 e. The SMILES string of the molecule is CCCCn1c(N2CCN(CCCc3ccccc3)CC2)nc2c1c(=O)[nH]c(=O)n2C. The lowest BCUT2D eigenvalue weighted by atomic mass is 10.1. The van der Waals surface area contributed by atoms with Gasteiger partial charge >= 0.3 is 5.69 Å². The smallest absolute Gasteiger partial charge is 0.329 e. The van der Waals surface area contributed by atoms with Gasteiger partial charge in [-0.25, -0.2) is 4.79 Å². The third-order valence-electron chi connectivity index (χ3n) is 6.16. The lowest BCUT2D eigenvalue weighted by molar-refractivity contribution is 0.253. The van der Waals surface area contributed by atoms with Gasteiger partial charge in [-0.3, -0.25) is 19.2 Å². The first kappa shape index (κ1) is 21.4. The Bertz CT molecular complexity index is 1120. The molecule has 4 rings (SSSR count). The van der Waals surface area contributed by atoms with Crippen molar-refractivity contribution in [2.75, 3.05) is 37.6 Å². The van der Waals surface area contributed by atoms with E-state index in [9.17, 15) is 9.59 Å². The summed E-state index contributed by atoms with van der Waals surface area (Å²) in [6.07, 6.45) is 4.24. The number of piperazine rings is 1. The van der Waals surface area contributed by atoms with Crippen LogP contribution in [0, 0.1) is 0 Å². The molecule has 1 N–H and O–H groups in total. The zero-order valence-electron chi connectivity index (χ0n) is 18.5. The minimum atomic E-state index is -0.424. The van der Waals surface area contributed by atoms with Crippen LogP contribution in [0.5, 0.6) is 0 Å². The second-order valence-electron chi connectivity index (χ2n) is 8.33. The topological polar surface area (TPSA) is 79.2 Å². The second-order valence-corrected chi connectivity index (χ2v) is 8.33. The van der Waals surface area contributed by atoms with E-state index in [4.69, 9.17) is 4.98 Å². The number of nitrogens with one attached hydrogen (secondary N) is 1. The van der Waals surface area contributed by atoms with Crippen molar-refractivity contribution in [2.45, 2.75) is 39.2 Å². The molecule has 8 heteroatoms. The van der Waals surface area contributed by atoms with E-state index in [2.05, 4.69) is 52.0 Å².